The maximum absolute atomic E-state index is 5.92. The number of rotatable bonds is 17. The van der Waals surface area contributed by atoms with E-state index in [9.17, 15) is 0 Å². The van der Waals surface area contributed by atoms with Gasteiger partial charge in [0.25, 0.3) is 0 Å². The van der Waals surface area contributed by atoms with Crippen molar-refractivity contribution in [1.29, 1.82) is 0 Å². The van der Waals surface area contributed by atoms with E-state index in [0.29, 0.717) is 0 Å². The van der Waals surface area contributed by atoms with Crippen molar-refractivity contribution < 1.29 is 21.5 Å². The van der Waals surface area contributed by atoms with Gasteiger partial charge in [-0.15, -0.1) is 11.6 Å². The molecule has 0 unspecified atom stereocenters. The van der Waals surface area contributed by atoms with Crippen molar-refractivity contribution in [2.45, 2.75) is 97.8 Å². The zero-order valence-electron chi connectivity index (χ0n) is 16.2. The lowest BCUT2D eigenvalue weighted by atomic mass is 10.1. The third kappa shape index (κ3) is 14.8. The molecule has 0 aliphatic heterocycles. The molecule has 142 valence electrons. The van der Waals surface area contributed by atoms with Crippen LogP contribution in [-0.4, -0.2) is 36.5 Å². The fourth-order valence-corrected chi connectivity index (χ4v) is 3.64. The summed E-state index contributed by atoms with van der Waals surface area (Å²) in [6, 6.07) is 0. The van der Waals surface area contributed by atoms with Crippen molar-refractivity contribution in [2.24, 2.45) is 0 Å². The molecule has 0 atom stereocenters. The van der Waals surface area contributed by atoms with Gasteiger partial charge >= 0.3 is 0 Å². The Kier molecular flexibility index (Phi) is 21.5. The second-order valence-corrected chi connectivity index (χ2v) is 7.48. The van der Waals surface area contributed by atoms with Gasteiger partial charge in [-0.3, -0.25) is 0 Å². The molecule has 0 fully saturated rings. The molecule has 0 radical (unpaired) electrons. The highest BCUT2D eigenvalue weighted by Gasteiger charge is 2.25. The monoisotopic (exact) mass is 411 g/mol. The molecule has 0 rings (SSSR count). The summed E-state index contributed by atoms with van der Waals surface area (Å²) in [6.45, 7) is 12.5. The normalized spacial score (nSPS) is 11.5. The smallest absolute Gasteiger partial charge is 0.0787 e. The summed E-state index contributed by atoms with van der Waals surface area (Å²) >= 11 is 5.92. The summed E-state index contributed by atoms with van der Waals surface area (Å²) in [4.78, 5) is 0. The molecule has 0 aromatic carbocycles. The molecule has 0 saturated carbocycles. The molecule has 0 spiro atoms. The number of hydrogen-bond donors (Lipinski definition) is 0. The number of nitrogens with zero attached hydrogens (tertiary/aromatic N) is 1. The zero-order chi connectivity index (χ0) is 16.5. The predicted molar refractivity (Wildman–Crippen MR) is 103 cm³/mol. The highest BCUT2D eigenvalue weighted by atomic mass is 79.9. The van der Waals surface area contributed by atoms with Crippen LogP contribution in [0.1, 0.15) is 97.8 Å². The predicted octanol–water partition coefficient (Wildman–Crippen LogP) is 3.79. The molecule has 3 heteroatoms. The van der Waals surface area contributed by atoms with Crippen LogP contribution in [0.2, 0.25) is 0 Å². The number of alkyl halides is 1. The van der Waals surface area contributed by atoms with Crippen LogP contribution >= 0.6 is 11.6 Å². The highest BCUT2D eigenvalue weighted by molar-refractivity contribution is 6.17. The first-order valence-electron chi connectivity index (χ1n) is 10.2. The van der Waals surface area contributed by atoms with Crippen LogP contribution in [-0.2, 0) is 0 Å². The first-order chi connectivity index (χ1) is 10.7. The SMILES string of the molecule is CCCCCC[N+](CCCC)(CCCCCl)CCCCCC.[Br-]. The molecule has 0 heterocycles. The van der Waals surface area contributed by atoms with Gasteiger partial charge in [-0.2, -0.15) is 0 Å². The third-order valence-corrected chi connectivity index (χ3v) is 5.24. The Morgan fingerprint density at radius 1 is 0.522 bits per heavy atom. The van der Waals surface area contributed by atoms with E-state index in [4.69, 9.17) is 11.6 Å². The summed E-state index contributed by atoms with van der Waals surface area (Å²) in [7, 11) is 0. The molecule has 0 aliphatic carbocycles. The Hall–Kier alpha value is 0.730. The molecule has 1 nitrogen and oxygen atoms in total. The second-order valence-electron chi connectivity index (χ2n) is 7.11. The summed E-state index contributed by atoms with van der Waals surface area (Å²) in [5.74, 6) is 0.833. The Morgan fingerprint density at radius 2 is 0.913 bits per heavy atom. The Balaban J connectivity index is 0. The minimum absolute atomic E-state index is 0. The summed E-state index contributed by atoms with van der Waals surface area (Å²) in [5, 5.41) is 0. The maximum Gasteiger partial charge on any atom is 0.0787 e. The van der Waals surface area contributed by atoms with Gasteiger partial charge in [0, 0.05) is 5.88 Å². The van der Waals surface area contributed by atoms with Gasteiger partial charge in [-0.25, -0.2) is 0 Å². The van der Waals surface area contributed by atoms with E-state index in [2.05, 4.69) is 20.8 Å². The van der Waals surface area contributed by atoms with Crippen molar-refractivity contribution in [3.05, 3.63) is 0 Å². The lowest BCUT2D eigenvalue weighted by Crippen LogP contribution is -3.00. The van der Waals surface area contributed by atoms with Crippen LogP contribution in [0.5, 0.6) is 0 Å². The molecule has 0 aromatic heterocycles. The molecular formula is C20H43BrClN. The molecule has 0 N–H and O–H groups in total. The van der Waals surface area contributed by atoms with Crippen molar-refractivity contribution in [3.8, 4) is 0 Å². The van der Waals surface area contributed by atoms with Gasteiger partial charge in [0.2, 0.25) is 0 Å². The Morgan fingerprint density at radius 3 is 1.30 bits per heavy atom. The molecule has 0 aliphatic rings. The van der Waals surface area contributed by atoms with E-state index in [1.165, 1.54) is 108 Å². The first kappa shape index (κ1) is 26.0. The van der Waals surface area contributed by atoms with E-state index in [-0.39, 0.29) is 17.0 Å². The summed E-state index contributed by atoms with van der Waals surface area (Å²) in [5.41, 5.74) is 0. The molecule has 23 heavy (non-hydrogen) atoms. The first-order valence-corrected chi connectivity index (χ1v) is 10.7. The van der Waals surface area contributed by atoms with Gasteiger partial charge in [-0.05, 0) is 44.9 Å². The van der Waals surface area contributed by atoms with Gasteiger partial charge in [-0.1, -0.05) is 52.9 Å². The number of hydrogen-bond acceptors (Lipinski definition) is 0. The van der Waals surface area contributed by atoms with Gasteiger partial charge in [0.05, 0.1) is 26.2 Å². The number of halogens is 2. The topological polar surface area (TPSA) is 0 Å². The standard InChI is InChI=1S/C20H43ClN.BrH/c1-4-7-10-13-18-22(17-9-6-3,20-15-12-16-21)19-14-11-8-5-2;/h4-20H2,1-3H3;1H/q+1;/p-1. The van der Waals surface area contributed by atoms with Gasteiger partial charge < -0.3 is 21.5 Å². The molecular weight excluding hydrogens is 370 g/mol. The highest BCUT2D eigenvalue weighted by Crippen LogP contribution is 2.18. The van der Waals surface area contributed by atoms with Crippen molar-refractivity contribution in [2.75, 3.05) is 32.1 Å². The van der Waals surface area contributed by atoms with E-state index < -0.39 is 0 Å². The minimum atomic E-state index is 0. The van der Waals surface area contributed by atoms with E-state index in [1.54, 1.807) is 0 Å². The van der Waals surface area contributed by atoms with Crippen LogP contribution in [0, 0.1) is 0 Å². The molecule has 0 aromatic rings. The lowest BCUT2D eigenvalue weighted by molar-refractivity contribution is -0.929. The number of quaternary nitrogens is 1. The van der Waals surface area contributed by atoms with Crippen LogP contribution in [0.3, 0.4) is 0 Å². The van der Waals surface area contributed by atoms with E-state index >= 15 is 0 Å². The van der Waals surface area contributed by atoms with E-state index in [1.807, 2.05) is 0 Å². The van der Waals surface area contributed by atoms with E-state index in [0.717, 1.165) is 5.88 Å². The Labute approximate surface area is 162 Å². The maximum atomic E-state index is 5.92. The number of unbranched alkanes of at least 4 members (excludes halogenated alkanes) is 8. The van der Waals surface area contributed by atoms with Crippen molar-refractivity contribution >= 4 is 11.6 Å². The second kappa shape index (κ2) is 19.1. The lowest BCUT2D eigenvalue weighted by Gasteiger charge is -2.39. The summed E-state index contributed by atoms with van der Waals surface area (Å²) in [6.07, 6.45) is 16.4. The van der Waals surface area contributed by atoms with Crippen LogP contribution < -0.4 is 17.0 Å². The summed E-state index contributed by atoms with van der Waals surface area (Å²) < 4.78 is 1.39. The average Bonchev–Trinajstić information content (AvgIpc) is 2.54. The van der Waals surface area contributed by atoms with Gasteiger partial charge in [0.15, 0.2) is 0 Å². The van der Waals surface area contributed by atoms with Crippen LogP contribution in [0.4, 0.5) is 0 Å². The van der Waals surface area contributed by atoms with Crippen molar-refractivity contribution in [3.63, 3.8) is 0 Å². The molecule has 0 amide bonds. The quantitative estimate of drug-likeness (QED) is 0.194. The average molecular weight is 413 g/mol. The molecule has 0 saturated heterocycles. The van der Waals surface area contributed by atoms with Crippen molar-refractivity contribution in [1.82, 2.24) is 0 Å². The zero-order valence-corrected chi connectivity index (χ0v) is 18.6. The fourth-order valence-electron chi connectivity index (χ4n) is 3.45. The molecule has 0 bridgehead atoms. The van der Waals surface area contributed by atoms with Gasteiger partial charge in [0.1, 0.15) is 0 Å². The Bertz CT molecular complexity index is 212. The van der Waals surface area contributed by atoms with Crippen LogP contribution in [0.25, 0.3) is 0 Å². The largest absolute Gasteiger partial charge is 1.00 e. The minimum Gasteiger partial charge on any atom is -1.00 e. The third-order valence-electron chi connectivity index (χ3n) is 4.97. The van der Waals surface area contributed by atoms with Crippen LogP contribution in [0.15, 0.2) is 0 Å². The fraction of sp³-hybridized carbons (Fsp3) is 1.00.